The molecule has 158 valence electrons. The third-order valence-electron chi connectivity index (χ3n) is 4.77. The number of hydrogen-bond acceptors (Lipinski definition) is 4. The third kappa shape index (κ3) is 8.14. The minimum atomic E-state index is -0.184. The SMILES string of the molecule is CN=C(NCCOc1cccnc1)NC1CCN(Cc2ccc(F)cc2)CC1.I. The molecule has 1 aliphatic heterocycles. The molecule has 3 rings (SSSR count). The number of hydrogen-bond donors (Lipinski definition) is 2. The molecule has 1 fully saturated rings. The first-order valence-corrected chi connectivity index (χ1v) is 9.70. The molecule has 0 unspecified atom stereocenters. The number of rotatable bonds is 7. The summed E-state index contributed by atoms with van der Waals surface area (Å²) >= 11 is 0. The van der Waals surface area contributed by atoms with E-state index in [1.54, 1.807) is 19.4 Å². The van der Waals surface area contributed by atoms with Gasteiger partial charge >= 0.3 is 0 Å². The summed E-state index contributed by atoms with van der Waals surface area (Å²) in [7, 11) is 1.78. The summed E-state index contributed by atoms with van der Waals surface area (Å²) in [6.07, 6.45) is 5.52. The first kappa shape index (κ1) is 23.3. The van der Waals surface area contributed by atoms with Crippen LogP contribution < -0.4 is 15.4 Å². The predicted octanol–water partition coefficient (Wildman–Crippen LogP) is 3.05. The molecule has 2 aromatic rings. The fourth-order valence-electron chi connectivity index (χ4n) is 3.24. The molecule has 6 nitrogen and oxygen atoms in total. The van der Waals surface area contributed by atoms with Crippen LogP contribution in [0.5, 0.6) is 5.75 Å². The smallest absolute Gasteiger partial charge is 0.191 e. The first-order valence-electron chi connectivity index (χ1n) is 9.70. The minimum Gasteiger partial charge on any atom is -0.490 e. The van der Waals surface area contributed by atoms with Crippen molar-refractivity contribution in [2.75, 3.05) is 33.3 Å². The van der Waals surface area contributed by atoms with Gasteiger partial charge in [-0.3, -0.25) is 14.9 Å². The molecule has 1 aliphatic rings. The molecule has 0 saturated carbocycles. The summed E-state index contributed by atoms with van der Waals surface area (Å²) in [5.74, 6) is 1.38. The van der Waals surface area contributed by atoms with Crippen LogP contribution in [0.4, 0.5) is 4.39 Å². The van der Waals surface area contributed by atoms with Crippen LogP contribution in [-0.4, -0.2) is 55.2 Å². The summed E-state index contributed by atoms with van der Waals surface area (Å²) in [5, 5.41) is 6.78. The second-order valence-corrected chi connectivity index (χ2v) is 6.86. The highest BCUT2D eigenvalue weighted by molar-refractivity contribution is 14.0. The molecular formula is C21H29FIN5O. The van der Waals surface area contributed by atoms with Crippen LogP contribution in [0.3, 0.4) is 0 Å². The second kappa shape index (κ2) is 12.6. The number of nitrogens with one attached hydrogen (secondary N) is 2. The summed E-state index contributed by atoms with van der Waals surface area (Å²) in [6.45, 7) is 4.10. The van der Waals surface area contributed by atoms with E-state index in [-0.39, 0.29) is 29.8 Å². The largest absolute Gasteiger partial charge is 0.490 e. The molecule has 0 spiro atoms. The lowest BCUT2D eigenvalue weighted by atomic mass is 10.0. The van der Waals surface area contributed by atoms with Crippen molar-refractivity contribution in [2.45, 2.75) is 25.4 Å². The predicted molar refractivity (Wildman–Crippen MR) is 124 cm³/mol. The van der Waals surface area contributed by atoms with Gasteiger partial charge in [-0.25, -0.2) is 4.39 Å². The number of halogens is 2. The van der Waals surface area contributed by atoms with Crippen molar-refractivity contribution < 1.29 is 9.13 Å². The molecular weight excluding hydrogens is 484 g/mol. The Bertz CT molecular complexity index is 736. The van der Waals surface area contributed by atoms with Crippen LogP contribution in [0.15, 0.2) is 53.8 Å². The summed E-state index contributed by atoms with van der Waals surface area (Å²) in [4.78, 5) is 10.7. The zero-order valence-corrected chi connectivity index (χ0v) is 19.0. The van der Waals surface area contributed by atoms with Gasteiger partial charge in [-0.1, -0.05) is 12.1 Å². The first-order chi connectivity index (χ1) is 13.7. The second-order valence-electron chi connectivity index (χ2n) is 6.86. The Morgan fingerprint density at radius 3 is 2.66 bits per heavy atom. The average molecular weight is 513 g/mol. The number of ether oxygens (including phenoxy) is 1. The van der Waals surface area contributed by atoms with Gasteiger partial charge in [-0.2, -0.15) is 0 Å². The van der Waals surface area contributed by atoms with Gasteiger partial charge in [0.05, 0.1) is 12.7 Å². The van der Waals surface area contributed by atoms with Gasteiger partial charge in [-0.05, 0) is 42.7 Å². The summed E-state index contributed by atoms with van der Waals surface area (Å²) in [6, 6.07) is 10.9. The number of nitrogens with zero attached hydrogens (tertiary/aromatic N) is 3. The van der Waals surface area contributed by atoms with E-state index in [0.29, 0.717) is 19.2 Å². The quantitative estimate of drug-likeness (QED) is 0.258. The van der Waals surface area contributed by atoms with Crippen LogP contribution in [-0.2, 0) is 6.54 Å². The Hall–Kier alpha value is -1.94. The summed E-state index contributed by atoms with van der Waals surface area (Å²) in [5.41, 5.74) is 1.15. The van der Waals surface area contributed by atoms with Gasteiger partial charge < -0.3 is 15.4 Å². The van der Waals surface area contributed by atoms with Crippen molar-refractivity contribution in [2.24, 2.45) is 4.99 Å². The van der Waals surface area contributed by atoms with E-state index in [4.69, 9.17) is 4.74 Å². The summed E-state index contributed by atoms with van der Waals surface area (Å²) < 4.78 is 18.7. The minimum absolute atomic E-state index is 0. The number of pyridine rings is 1. The molecule has 8 heteroatoms. The van der Waals surface area contributed by atoms with E-state index in [1.165, 1.54) is 12.1 Å². The van der Waals surface area contributed by atoms with E-state index < -0.39 is 0 Å². The van der Waals surface area contributed by atoms with Gasteiger partial charge in [0, 0.05) is 38.9 Å². The number of aliphatic imine (C=N–C) groups is 1. The molecule has 2 heterocycles. The van der Waals surface area contributed by atoms with E-state index in [2.05, 4.69) is 25.5 Å². The molecule has 0 atom stereocenters. The van der Waals surface area contributed by atoms with E-state index in [0.717, 1.165) is 49.7 Å². The zero-order chi connectivity index (χ0) is 19.6. The number of piperidine rings is 1. The Balaban J connectivity index is 0.00000300. The van der Waals surface area contributed by atoms with Crippen LogP contribution in [0.25, 0.3) is 0 Å². The zero-order valence-electron chi connectivity index (χ0n) is 16.7. The van der Waals surface area contributed by atoms with Crippen molar-refractivity contribution in [3.05, 3.63) is 60.2 Å². The van der Waals surface area contributed by atoms with Gasteiger partial charge in [0.15, 0.2) is 5.96 Å². The monoisotopic (exact) mass is 513 g/mol. The molecule has 0 amide bonds. The number of likely N-dealkylation sites (tertiary alicyclic amines) is 1. The average Bonchev–Trinajstić information content (AvgIpc) is 2.74. The standard InChI is InChI=1S/C21H28FN5O.HI/c1-23-21(25-11-14-28-20-3-2-10-24-15-20)26-19-8-12-27(13-9-19)16-17-4-6-18(22)7-5-17;/h2-7,10,15,19H,8-9,11-14,16H2,1H3,(H2,23,25,26);1H. The normalized spacial score (nSPS) is 15.4. The molecule has 0 radical (unpaired) electrons. The Kier molecular flexibility index (Phi) is 10.1. The molecule has 29 heavy (non-hydrogen) atoms. The topological polar surface area (TPSA) is 61.8 Å². The van der Waals surface area contributed by atoms with Crippen LogP contribution in [0.2, 0.25) is 0 Å². The molecule has 1 aromatic carbocycles. The number of benzene rings is 1. The highest BCUT2D eigenvalue weighted by Gasteiger charge is 2.20. The van der Waals surface area contributed by atoms with Crippen molar-refractivity contribution in [1.29, 1.82) is 0 Å². The highest BCUT2D eigenvalue weighted by atomic mass is 127. The van der Waals surface area contributed by atoms with Crippen molar-refractivity contribution >= 4 is 29.9 Å². The van der Waals surface area contributed by atoms with E-state index in [9.17, 15) is 4.39 Å². The molecule has 1 aromatic heterocycles. The Morgan fingerprint density at radius 1 is 1.24 bits per heavy atom. The van der Waals surface area contributed by atoms with Crippen LogP contribution >= 0.6 is 24.0 Å². The van der Waals surface area contributed by atoms with Gasteiger partial charge in [0.2, 0.25) is 0 Å². The van der Waals surface area contributed by atoms with Crippen molar-refractivity contribution in [1.82, 2.24) is 20.5 Å². The fraction of sp³-hybridized carbons (Fsp3) is 0.429. The lowest BCUT2D eigenvalue weighted by Gasteiger charge is -2.33. The van der Waals surface area contributed by atoms with Crippen molar-refractivity contribution in [3.8, 4) is 5.75 Å². The lowest BCUT2D eigenvalue weighted by Crippen LogP contribution is -2.49. The van der Waals surface area contributed by atoms with Gasteiger partial charge in [0.25, 0.3) is 0 Å². The number of guanidine groups is 1. The fourth-order valence-corrected chi connectivity index (χ4v) is 3.24. The van der Waals surface area contributed by atoms with Gasteiger partial charge in [-0.15, -0.1) is 24.0 Å². The Morgan fingerprint density at radius 2 is 2.00 bits per heavy atom. The van der Waals surface area contributed by atoms with Crippen LogP contribution in [0.1, 0.15) is 18.4 Å². The van der Waals surface area contributed by atoms with Gasteiger partial charge in [0.1, 0.15) is 18.2 Å². The molecule has 2 N–H and O–H groups in total. The third-order valence-corrected chi connectivity index (χ3v) is 4.77. The highest BCUT2D eigenvalue weighted by Crippen LogP contribution is 2.14. The maximum Gasteiger partial charge on any atom is 0.191 e. The Labute approximate surface area is 189 Å². The molecule has 0 aliphatic carbocycles. The van der Waals surface area contributed by atoms with Crippen molar-refractivity contribution in [3.63, 3.8) is 0 Å². The van der Waals surface area contributed by atoms with Crippen LogP contribution in [0, 0.1) is 5.82 Å². The molecule has 1 saturated heterocycles. The lowest BCUT2D eigenvalue weighted by molar-refractivity contribution is 0.198. The maximum absolute atomic E-state index is 13.0. The van der Waals surface area contributed by atoms with E-state index >= 15 is 0 Å². The molecule has 0 bridgehead atoms. The number of aromatic nitrogens is 1. The maximum atomic E-state index is 13.0. The van der Waals surface area contributed by atoms with E-state index in [1.807, 2.05) is 24.3 Å².